The molecule has 0 saturated carbocycles. The van der Waals surface area contributed by atoms with E-state index in [2.05, 4.69) is 15.3 Å². The Bertz CT molecular complexity index is 936. The van der Waals surface area contributed by atoms with Gasteiger partial charge in [-0.3, -0.25) is 9.59 Å². The molecule has 0 saturated heterocycles. The first-order valence-electron chi connectivity index (χ1n) is 9.14. The first-order chi connectivity index (χ1) is 14.0. The Morgan fingerprint density at radius 2 is 1.90 bits per heavy atom. The fourth-order valence-electron chi connectivity index (χ4n) is 3.02. The SMILES string of the molecule is O=C(CC(Cc1ccccc1)C(=O)N[C@H](Cc1cnc[nH]1)C(=O)O)c1ccco1. The topological polar surface area (TPSA) is 125 Å². The lowest BCUT2D eigenvalue weighted by Gasteiger charge is -2.20. The number of nitrogens with one attached hydrogen (secondary N) is 2. The highest BCUT2D eigenvalue weighted by Crippen LogP contribution is 2.17. The lowest BCUT2D eigenvalue weighted by atomic mass is 9.92. The van der Waals surface area contributed by atoms with E-state index in [0.717, 1.165) is 5.56 Å². The van der Waals surface area contributed by atoms with Gasteiger partial charge in [0.15, 0.2) is 11.5 Å². The van der Waals surface area contributed by atoms with E-state index in [9.17, 15) is 19.5 Å². The third kappa shape index (κ3) is 5.65. The summed E-state index contributed by atoms with van der Waals surface area (Å²) < 4.78 is 5.13. The maximum absolute atomic E-state index is 12.9. The number of aromatic nitrogens is 2. The zero-order chi connectivity index (χ0) is 20.6. The second-order valence-electron chi connectivity index (χ2n) is 6.67. The highest BCUT2D eigenvalue weighted by atomic mass is 16.4. The minimum atomic E-state index is -1.16. The van der Waals surface area contributed by atoms with Crippen LogP contribution in [0.3, 0.4) is 0 Å². The Hall–Kier alpha value is -3.68. The molecule has 8 nitrogen and oxygen atoms in total. The number of aromatic amines is 1. The Morgan fingerprint density at radius 3 is 2.52 bits per heavy atom. The van der Waals surface area contributed by atoms with Gasteiger partial charge in [-0.25, -0.2) is 9.78 Å². The van der Waals surface area contributed by atoms with Crippen molar-refractivity contribution >= 4 is 17.7 Å². The molecule has 3 rings (SSSR count). The smallest absolute Gasteiger partial charge is 0.326 e. The van der Waals surface area contributed by atoms with Crippen LogP contribution >= 0.6 is 0 Å². The van der Waals surface area contributed by atoms with Crippen molar-refractivity contribution in [2.24, 2.45) is 5.92 Å². The molecule has 1 aromatic carbocycles. The molecule has 0 aliphatic rings. The largest absolute Gasteiger partial charge is 0.480 e. The van der Waals surface area contributed by atoms with Crippen LogP contribution in [0.4, 0.5) is 0 Å². The van der Waals surface area contributed by atoms with Crippen LogP contribution in [0.25, 0.3) is 0 Å². The van der Waals surface area contributed by atoms with Crippen LogP contribution in [0.2, 0.25) is 0 Å². The first kappa shape index (κ1) is 20.1. The summed E-state index contributed by atoms with van der Waals surface area (Å²) in [5, 5.41) is 12.1. The number of carboxylic acids is 1. The van der Waals surface area contributed by atoms with Crippen LogP contribution in [0.15, 0.2) is 65.7 Å². The number of benzene rings is 1. The lowest BCUT2D eigenvalue weighted by Crippen LogP contribution is -2.45. The number of Topliss-reactive ketones (excluding diaryl/α,β-unsaturated/α-hetero) is 1. The van der Waals surface area contributed by atoms with Crippen molar-refractivity contribution in [1.29, 1.82) is 0 Å². The summed E-state index contributed by atoms with van der Waals surface area (Å²) in [6.45, 7) is 0. The van der Waals surface area contributed by atoms with E-state index in [-0.39, 0.29) is 24.4 Å². The third-order valence-electron chi connectivity index (χ3n) is 4.52. The van der Waals surface area contributed by atoms with E-state index < -0.39 is 23.8 Å². The highest BCUT2D eigenvalue weighted by Gasteiger charge is 2.28. The Kier molecular flexibility index (Phi) is 6.57. The molecule has 0 radical (unpaired) electrons. The molecule has 2 heterocycles. The van der Waals surface area contributed by atoms with Crippen LogP contribution < -0.4 is 5.32 Å². The minimum absolute atomic E-state index is 0.0608. The summed E-state index contributed by atoms with van der Waals surface area (Å²) in [6.07, 6.45) is 4.61. The average molecular weight is 395 g/mol. The van der Waals surface area contributed by atoms with E-state index in [1.165, 1.54) is 24.9 Å². The monoisotopic (exact) mass is 395 g/mol. The number of hydrogen-bond acceptors (Lipinski definition) is 5. The number of nitrogens with zero attached hydrogens (tertiary/aromatic N) is 1. The summed E-state index contributed by atoms with van der Waals surface area (Å²) in [6, 6.07) is 11.3. The summed E-state index contributed by atoms with van der Waals surface area (Å²) in [5.74, 6) is -2.54. The zero-order valence-corrected chi connectivity index (χ0v) is 15.6. The van der Waals surface area contributed by atoms with Gasteiger partial charge in [0.05, 0.1) is 12.6 Å². The molecule has 1 amide bonds. The molecular weight excluding hydrogens is 374 g/mol. The van der Waals surface area contributed by atoms with Crippen molar-refractivity contribution in [2.75, 3.05) is 0 Å². The van der Waals surface area contributed by atoms with Crippen molar-refractivity contribution in [3.63, 3.8) is 0 Å². The molecule has 0 bridgehead atoms. The molecule has 2 aromatic heterocycles. The summed E-state index contributed by atoms with van der Waals surface area (Å²) in [7, 11) is 0. The first-order valence-corrected chi connectivity index (χ1v) is 9.14. The van der Waals surface area contributed by atoms with Gasteiger partial charge in [0.1, 0.15) is 6.04 Å². The van der Waals surface area contributed by atoms with Crippen molar-refractivity contribution in [3.05, 3.63) is 78.3 Å². The Morgan fingerprint density at radius 1 is 1.10 bits per heavy atom. The van der Waals surface area contributed by atoms with Crippen molar-refractivity contribution in [1.82, 2.24) is 15.3 Å². The number of H-pyrrole nitrogens is 1. The molecule has 8 heteroatoms. The highest BCUT2D eigenvalue weighted by molar-refractivity contribution is 5.97. The molecule has 3 N–H and O–H groups in total. The lowest BCUT2D eigenvalue weighted by molar-refractivity contribution is -0.142. The molecule has 3 aromatic rings. The number of imidazole rings is 1. The molecule has 150 valence electrons. The quantitative estimate of drug-likeness (QED) is 0.452. The van der Waals surface area contributed by atoms with Crippen molar-refractivity contribution in [2.45, 2.75) is 25.3 Å². The molecule has 0 fully saturated rings. The molecule has 0 aliphatic heterocycles. The van der Waals surface area contributed by atoms with Gasteiger partial charge in [0.2, 0.25) is 5.91 Å². The normalized spacial score (nSPS) is 12.8. The van der Waals surface area contributed by atoms with E-state index >= 15 is 0 Å². The fourth-order valence-corrected chi connectivity index (χ4v) is 3.02. The summed E-state index contributed by atoms with van der Waals surface area (Å²) >= 11 is 0. The number of carbonyl (C=O) groups is 3. The summed E-state index contributed by atoms with van der Waals surface area (Å²) in [4.78, 5) is 43.7. The van der Waals surface area contributed by atoms with Crippen molar-refractivity contribution < 1.29 is 23.9 Å². The standard InChI is InChI=1S/C21H21N3O5/c25-18(19-7-4-8-29-19)10-15(9-14-5-2-1-3-6-14)20(26)24-17(21(27)28)11-16-12-22-13-23-16/h1-8,12-13,15,17H,9-11H2,(H,22,23)(H,24,26)(H,27,28)/t15?,17-/m1/s1. The van der Waals surface area contributed by atoms with Crippen LogP contribution in [-0.4, -0.2) is 38.8 Å². The number of rotatable bonds is 10. The van der Waals surface area contributed by atoms with E-state index in [0.29, 0.717) is 12.1 Å². The van der Waals surface area contributed by atoms with E-state index in [4.69, 9.17) is 4.42 Å². The molecule has 2 atom stereocenters. The van der Waals surface area contributed by atoms with Crippen LogP contribution in [-0.2, 0) is 22.4 Å². The zero-order valence-electron chi connectivity index (χ0n) is 15.6. The number of carbonyl (C=O) groups excluding carboxylic acids is 2. The number of furan rings is 1. The number of carboxylic acid groups (broad SMARTS) is 1. The van der Waals surface area contributed by atoms with Crippen LogP contribution in [0.5, 0.6) is 0 Å². The second-order valence-corrected chi connectivity index (χ2v) is 6.67. The number of ketones is 1. The molecular formula is C21H21N3O5. The average Bonchev–Trinajstić information content (AvgIpc) is 3.41. The number of amides is 1. The van der Waals surface area contributed by atoms with Crippen molar-refractivity contribution in [3.8, 4) is 0 Å². The van der Waals surface area contributed by atoms with Crippen LogP contribution in [0, 0.1) is 5.92 Å². The van der Waals surface area contributed by atoms with Gasteiger partial charge >= 0.3 is 5.97 Å². The van der Waals surface area contributed by atoms with Gasteiger partial charge in [-0.05, 0) is 24.1 Å². The molecule has 0 spiro atoms. The minimum Gasteiger partial charge on any atom is -0.480 e. The third-order valence-corrected chi connectivity index (χ3v) is 4.52. The van der Waals surface area contributed by atoms with Gasteiger partial charge in [0, 0.05) is 30.7 Å². The summed E-state index contributed by atoms with van der Waals surface area (Å²) in [5.41, 5.74) is 1.46. The second kappa shape index (κ2) is 9.50. The van der Waals surface area contributed by atoms with Gasteiger partial charge in [-0.2, -0.15) is 0 Å². The van der Waals surface area contributed by atoms with Gasteiger partial charge in [-0.1, -0.05) is 30.3 Å². The van der Waals surface area contributed by atoms with Gasteiger partial charge in [-0.15, -0.1) is 0 Å². The maximum atomic E-state index is 12.9. The number of hydrogen-bond donors (Lipinski definition) is 3. The molecule has 0 aliphatic carbocycles. The molecule has 1 unspecified atom stereocenters. The van der Waals surface area contributed by atoms with Gasteiger partial charge < -0.3 is 19.8 Å². The van der Waals surface area contributed by atoms with E-state index in [1.807, 2.05) is 30.3 Å². The number of aliphatic carboxylic acids is 1. The molecule has 29 heavy (non-hydrogen) atoms. The fraction of sp³-hybridized carbons (Fsp3) is 0.238. The van der Waals surface area contributed by atoms with Crippen LogP contribution in [0.1, 0.15) is 28.2 Å². The maximum Gasteiger partial charge on any atom is 0.326 e. The van der Waals surface area contributed by atoms with Gasteiger partial charge in [0.25, 0.3) is 0 Å². The predicted molar refractivity (Wildman–Crippen MR) is 103 cm³/mol. The Balaban J connectivity index is 1.74. The van der Waals surface area contributed by atoms with E-state index in [1.54, 1.807) is 6.07 Å². The Labute approximate surface area is 167 Å². The predicted octanol–water partition coefficient (Wildman–Crippen LogP) is 2.25.